The van der Waals surface area contributed by atoms with Gasteiger partial charge in [0, 0.05) is 12.0 Å². The predicted octanol–water partition coefficient (Wildman–Crippen LogP) is 3.64. The summed E-state index contributed by atoms with van der Waals surface area (Å²) in [5.74, 6) is -0.579. The standard InChI is InChI=1S/C17H13FN2O4S/c18-12-5-3-11(4-6-12)17-19-15(24-20-17)10-23-16(22)8-7-13(21)14-2-1-9-25-14/h1-6,9H,7-8,10H2. The van der Waals surface area contributed by atoms with E-state index in [0.717, 1.165) is 0 Å². The van der Waals surface area contributed by atoms with E-state index in [-0.39, 0.29) is 42.8 Å². The van der Waals surface area contributed by atoms with Gasteiger partial charge in [0.05, 0.1) is 11.3 Å². The molecule has 6 nitrogen and oxygen atoms in total. The smallest absolute Gasteiger partial charge is 0.306 e. The SMILES string of the molecule is O=C(CCC(=O)c1cccs1)OCc1nc(-c2ccc(F)cc2)no1. The van der Waals surface area contributed by atoms with E-state index in [9.17, 15) is 14.0 Å². The van der Waals surface area contributed by atoms with Crippen molar-refractivity contribution in [1.29, 1.82) is 0 Å². The number of ketones is 1. The second kappa shape index (κ2) is 7.80. The summed E-state index contributed by atoms with van der Waals surface area (Å²) in [6.07, 6.45) is 0.0691. The fraction of sp³-hybridized carbons (Fsp3) is 0.176. The van der Waals surface area contributed by atoms with Crippen molar-refractivity contribution in [2.24, 2.45) is 0 Å². The number of ether oxygens (including phenoxy) is 1. The Bertz CT molecular complexity index is 859. The summed E-state index contributed by atoms with van der Waals surface area (Å²) in [5, 5.41) is 5.55. The monoisotopic (exact) mass is 360 g/mol. The van der Waals surface area contributed by atoms with E-state index in [0.29, 0.717) is 10.4 Å². The molecule has 2 heterocycles. The van der Waals surface area contributed by atoms with E-state index in [4.69, 9.17) is 9.26 Å². The Morgan fingerprint density at radius 2 is 1.96 bits per heavy atom. The molecular formula is C17H13FN2O4S. The minimum Gasteiger partial charge on any atom is -0.456 e. The molecule has 0 saturated heterocycles. The maximum absolute atomic E-state index is 12.9. The molecular weight excluding hydrogens is 347 g/mol. The van der Waals surface area contributed by atoms with Crippen LogP contribution in [0.25, 0.3) is 11.4 Å². The summed E-state index contributed by atoms with van der Waals surface area (Å²) < 4.78 is 22.9. The number of Topliss-reactive ketones (excluding diaryl/α,β-unsaturated/α-hetero) is 1. The molecule has 0 saturated carbocycles. The number of nitrogens with zero attached hydrogens (tertiary/aromatic N) is 2. The molecule has 0 spiro atoms. The maximum atomic E-state index is 12.9. The Morgan fingerprint density at radius 3 is 2.68 bits per heavy atom. The number of carbonyl (C=O) groups is 2. The van der Waals surface area contributed by atoms with E-state index >= 15 is 0 Å². The van der Waals surface area contributed by atoms with Gasteiger partial charge in [-0.1, -0.05) is 11.2 Å². The molecule has 3 aromatic rings. The molecule has 0 unspecified atom stereocenters. The predicted molar refractivity (Wildman–Crippen MR) is 87.4 cm³/mol. The fourth-order valence-electron chi connectivity index (χ4n) is 2.02. The molecule has 1 aromatic carbocycles. The summed E-state index contributed by atoms with van der Waals surface area (Å²) in [4.78, 5) is 28.2. The van der Waals surface area contributed by atoms with Crippen molar-refractivity contribution in [3.63, 3.8) is 0 Å². The largest absolute Gasteiger partial charge is 0.456 e. The van der Waals surface area contributed by atoms with Gasteiger partial charge >= 0.3 is 5.97 Å². The van der Waals surface area contributed by atoms with Crippen molar-refractivity contribution in [3.05, 3.63) is 58.4 Å². The summed E-state index contributed by atoms with van der Waals surface area (Å²) in [6, 6.07) is 9.11. The first-order valence-corrected chi connectivity index (χ1v) is 8.30. The zero-order chi connectivity index (χ0) is 17.6. The highest BCUT2D eigenvalue weighted by atomic mass is 32.1. The van der Waals surface area contributed by atoms with E-state index in [1.165, 1.54) is 35.6 Å². The minimum atomic E-state index is -0.522. The van der Waals surface area contributed by atoms with Gasteiger partial charge in [0.2, 0.25) is 5.82 Å². The number of halogens is 1. The average molecular weight is 360 g/mol. The molecule has 25 heavy (non-hydrogen) atoms. The molecule has 0 aliphatic carbocycles. The number of rotatable bonds is 7. The van der Waals surface area contributed by atoms with Gasteiger partial charge in [-0.15, -0.1) is 11.3 Å². The molecule has 8 heteroatoms. The Balaban J connectivity index is 1.48. The van der Waals surface area contributed by atoms with Crippen LogP contribution in [0, 0.1) is 5.82 Å². The van der Waals surface area contributed by atoms with Gasteiger partial charge in [-0.25, -0.2) is 4.39 Å². The Kier molecular flexibility index (Phi) is 5.30. The number of aromatic nitrogens is 2. The van der Waals surface area contributed by atoms with Crippen LogP contribution in [-0.2, 0) is 16.1 Å². The summed E-state index contributed by atoms with van der Waals surface area (Å²) in [6.45, 7) is -0.180. The number of hydrogen-bond donors (Lipinski definition) is 0. The number of benzene rings is 1. The van der Waals surface area contributed by atoms with E-state index in [1.54, 1.807) is 17.5 Å². The number of esters is 1. The highest BCUT2D eigenvalue weighted by Crippen LogP contribution is 2.17. The summed E-state index contributed by atoms with van der Waals surface area (Å²) >= 11 is 1.34. The van der Waals surface area contributed by atoms with Crippen LogP contribution in [0.2, 0.25) is 0 Å². The molecule has 0 N–H and O–H groups in total. The van der Waals surface area contributed by atoms with Crippen molar-refractivity contribution in [1.82, 2.24) is 10.1 Å². The van der Waals surface area contributed by atoms with Gasteiger partial charge in [-0.2, -0.15) is 4.98 Å². The van der Waals surface area contributed by atoms with Crippen LogP contribution in [0.15, 0.2) is 46.3 Å². The van der Waals surface area contributed by atoms with E-state index < -0.39 is 5.97 Å². The molecule has 3 rings (SSSR count). The van der Waals surface area contributed by atoms with Gasteiger partial charge in [-0.3, -0.25) is 9.59 Å². The van der Waals surface area contributed by atoms with Crippen LogP contribution in [0.1, 0.15) is 28.4 Å². The molecule has 0 aliphatic rings. The highest BCUT2D eigenvalue weighted by Gasteiger charge is 2.13. The van der Waals surface area contributed by atoms with Crippen molar-refractivity contribution in [2.75, 3.05) is 0 Å². The first kappa shape index (κ1) is 17.0. The molecule has 128 valence electrons. The third-order valence-corrected chi connectivity index (χ3v) is 4.19. The van der Waals surface area contributed by atoms with E-state index in [2.05, 4.69) is 10.1 Å². The lowest BCUT2D eigenvalue weighted by Crippen LogP contribution is -2.07. The molecule has 0 fully saturated rings. The van der Waals surface area contributed by atoms with Crippen molar-refractivity contribution in [3.8, 4) is 11.4 Å². The lowest BCUT2D eigenvalue weighted by molar-refractivity contribution is -0.145. The zero-order valence-corrected chi connectivity index (χ0v) is 13.8. The van der Waals surface area contributed by atoms with Crippen molar-refractivity contribution in [2.45, 2.75) is 19.4 Å². The Morgan fingerprint density at radius 1 is 1.16 bits per heavy atom. The first-order chi connectivity index (χ1) is 12.1. The quantitative estimate of drug-likeness (QED) is 0.472. The van der Waals surface area contributed by atoms with Gasteiger partial charge in [0.15, 0.2) is 12.4 Å². The summed E-state index contributed by atoms with van der Waals surface area (Å²) in [5.41, 5.74) is 0.587. The van der Waals surface area contributed by atoms with Gasteiger partial charge in [0.25, 0.3) is 5.89 Å². The van der Waals surface area contributed by atoms with Crippen LogP contribution in [0.4, 0.5) is 4.39 Å². The maximum Gasteiger partial charge on any atom is 0.306 e. The summed E-state index contributed by atoms with van der Waals surface area (Å²) in [7, 11) is 0. The Hall–Kier alpha value is -2.87. The minimum absolute atomic E-state index is 0.0182. The second-order valence-electron chi connectivity index (χ2n) is 5.08. The third-order valence-electron chi connectivity index (χ3n) is 3.28. The van der Waals surface area contributed by atoms with Crippen LogP contribution >= 0.6 is 11.3 Å². The third kappa shape index (κ3) is 4.57. The molecule has 0 aliphatic heterocycles. The molecule has 2 aromatic heterocycles. The Labute approximate surface area is 146 Å². The van der Waals surface area contributed by atoms with Crippen LogP contribution in [0.5, 0.6) is 0 Å². The van der Waals surface area contributed by atoms with Crippen LogP contribution < -0.4 is 0 Å². The van der Waals surface area contributed by atoms with Gasteiger partial charge in [0.1, 0.15) is 5.82 Å². The molecule has 0 amide bonds. The second-order valence-corrected chi connectivity index (χ2v) is 6.03. The average Bonchev–Trinajstić information content (AvgIpc) is 3.30. The molecule has 0 radical (unpaired) electrons. The van der Waals surface area contributed by atoms with Gasteiger partial charge < -0.3 is 9.26 Å². The zero-order valence-electron chi connectivity index (χ0n) is 13.0. The molecule has 0 bridgehead atoms. The van der Waals surface area contributed by atoms with Gasteiger partial charge in [-0.05, 0) is 35.7 Å². The highest BCUT2D eigenvalue weighted by molar-refractivity contribution is 7.12. The fourth-order valence-corrected chi connectivity index (χ4v) is 2.71. The number of thiophene rings is 1. The van der Waals surface area contributed by atoms with Crippen LogP contribution in [-0.4, -0.2) is 21.9 Å². The van der Waals surface area contributed by atoms with Crippen molar-refractivity contribution < 1.29 is 23.2 Å². The number of carbonyl (C=O) groups excluding carboxylic acids is 2. The van der Waals surface area contributed by atoms with E-state index in [1.807, 2.05) is 0 Å². The topological polar surface area (TPSA) is 82.3 Å². The lowest BCUT2D eigenvalue weighted by Gasteiger charge is -2.00. The first-order valence-electron chi connectivity index (χ1n) is 7.42. The molecule has 0 atom stereocenters. The lowest BCUT2D eigenvalue weighted by atomic mass is 10.2. The number of hydrogen-bond acceptors (Lipinski definition) is 7. The van der Waals surface area contributed by atoms with Crippen LogP contribution in [0.3, 0.4) is 0 Å². The normalized spacial score (nSPS) is 10.6. The van der Waals surface area contributed by atoms with Crippen molar-refractivity contribution >= 4 is 23.1 Å².